The highest BCUT2D eigenvalue weighted by Crippen LogP contribution is 2.35. The Hall–Kier alpha value is -2.86. The van der Waals surface area contributed by atoms with Crippen LogP contribution in [-0.4, -0.2) is 29.8 Å². The molecular weight excluding hydrogens is 510 g/mol. The first kappa shape index (κ1) is 27.7. The summed E-state index contributed by atoms with van der Waals surface area (Å²) >= 11 is 6.57. The van der Waals surface area contributed by atoms with Crippen LogP contribution in [-0.2, 0) is 22.4 Å². The van der Waals surface area contributed by atoms with Crippen LogP contribution in [0.2, 0.25) is 5.02 Å². The largest absolute Gasteiger partial charge is 0.494 e. The summed E-state index contributed by atoms with van der Waals surface area (Å²) in [7, 11) is 0. The molecule has 206 valence electrons. The number of nitrogens with one attached hydrogen (secondary N) is 1. The Kier molecular flexibility index (Phi) is 9.23. The van der Waals surface area contributed by atoms with Crippen LogP contribution >= 0.6 is 11.6 Å². The molecule has 0 aromatic heterocycles. The highest BCUT2D eigenvalue weighted by molar-refractivity contribution is 6.31. The molecule has 6 heteroatoms. The number of rotatable bonds is 11. The number of anilines is 1. The molecule has 3 aromatic rings. The van der Waals surface area contributed by atoms with Crippen molar-refractivity contribution in [1.29, 1.82) is 0 Å². The van der Waals surface area contributed by atoms with Crippen LogP contribution in [0.4, 0.5) is 5.69 Å². The van der Waals surface area contributed by atoms with Crippen LogP contribution < -0.4 is 10.1 Å². The first-order chi connectivity index (χ1) is 19.0. The third-order valence-corrected chi connectivity index (χ3v) is 7.98. The van der Waals surface area contributed by atoms with Crippen molar-refractivity contribution in [2.24, 2.45) is 5.92 Å². The number of halogens is 1. The quantitative estimate of drug-likeness (QED) is 0.264. The Balaban J connectivity index is 1.15. The van der Waals surface area contributed by atoms with E-state index in [9.17, 15) is 9.90 Å². The Morgan fingerprint density at radius 2 is 1.77 bits per heavy atom. The molecule has 0 spiro atoms. The third kappa shape index (κ3) is 7.84. The van der Waals surface area contributed by atoms with Gasteiger partial charge >= 0.3 is 0 Å². The number of ether oxygens (including phenoxy) is 2. The minimum Gasteiger partial charge on any atom is -0.494 e. The molecule has 0 bridgehead atoms. The van der Waals surface area contributed by atoms with Crippen molar-refractivity contribution in [2.75, 3.05) is 11.9 Å². The van der Waals surface area contributed by atoms with Gasteiger partial charge in [0.15, 0.2) is 0 Å². The van der Waals surface area contributed by atoms with Crippen molar-refractivity contribution >= 4 is 23.2 Å². The summed E-state index contributed by atoms with van der Waals surface area (Å²) < 4.78 is 12.0. The number of aliphatic hydroxyl groups is 1. The van der Waals surface area contributed by atoms with E-state index < -0.39 is 0 Å². The van der Waals surface area contributed by atoms with Gasteiger partial charge < -0.3 is 19.9 Å². The summed E-state index contributed by atoms with van der Waals surface area (Å²) in [5.74, 6) is 1.21. The molecule has 1 saturated carbocycles. The number of benzene rings is 3. The summed E-state index contributed by atoms with van der Waals surface area (Å²) in [6.45, 7) is 2.63. The summed E-state index contributed by atoms with van der Waals surface area (Å²) in [6, 6.07) is 22.4. The predicted molar refractivity (Wildman–Crippen MR) is 155 cm³/mol. The van der Waals surface area contributed by atoms with Crippen molar-refractivity contribution in [2.45, 2.75) is 76.6 Å². The first-order valence-electron chi connectivity index (χ1n) is 14.2. The minimum atomic E-state index is -0.381. The Morgan fingerprint density at radius 3 is 2.49 bits per heavy atom. The van der Waals surface area contributed by atoms with Gasteiger partial charge in [-0.1, -0.05) is 48.0 Å². The minimum absolute atomic E-state index is 0.0149. The van der Waals surface area contributed by atoms with Crippen molar-refractivity contribution < 1.29 is 19.4 Å². The molecule has 2 fully saturated rings. The van der Waals surface area contributed by atoms with Crippen LogP contribution in [0, 0.1) is 5.92 Å². The molecule has 5 nitrogen and oxygen atoms in total. The fourth-order valence-electron chi connectivity index (χ4n) is 5.29. The SMILES string of the molecule is CCOc1ccc(Cc2cc([C@H]3CC(O)C[C@@H](CCCc4ccc(NC(=O)C5CC5)cc4)O3)ccc2Cl)cc1. The lowest BCUT2D eigenvalue weighted by Gasteiger charge is -2.34. The van der Waals surface area contributed by atoms with Gasteiger partial charge in [0.05, 0.1) is 24.9 Å². The summed E-state index contributed by atoms with van der Waals surface area (Å²) in [5, 5.41) is 14.4. The molecule has 1 saturated heterocycles. The lowest BCUT2D eigenvalue weighted by atomic mass is 9.92. The maximum atomic E-state index is 12.0. The predicted octanol–water partition coefficient (Wildman–Crippen LogP) is 7.28. The fourth-order valence-corrected chi connectivity index (χ4v) is 5.47. The number of carbonyl (C=O) groups excluding carboxylic acids is 1. The van der Waals surface area contributed by atoms with E-state index in [0.29, 0.717) is 19.4 Å². The van der Waals surface area contributed by atoms with E-state index in [1.54, 1.807) is 0 Å². The van der Waals surface area contributed by atoms with Crippen LogP contribution in [0.5, 0.6) is 5.75 Å². The lowest BCUT2D eigenvalue weighted by Crippen LogP contribution is -2.31. The molecule has 1 amide bonds. The second kappa shape index (κ2) is 13.0. The fraction of sp³-hybridized carbons (Fsp3) is 0.424. The molecule has 1 aliphatic heterocycles. The maximum absolute atomic E-state index is 12.0. The highest BCUT2D eigenvalue weighted by atomic mass is 35.5. The van der Waals surface area contributed by atoms with Gasteiger partial charge in [0.1, 0.15) is 5.75 Å². The number of aryl methyl sites for hydroxylation is 1. The van der Waals surface area contributed by atoms with E-state index in [4.69, 9.17) is 21.1 Å². The molecule has 1 heterocycles. The molecule has 0 radical (unpaired) electrons. The number of hydrogen-bond donors (Lipinski definition) is 2. The number of carbonyl (C=O) groups is 1. The zero-order valence-corrected chi connectivity index (χ0v) is 23.3. The van der Waals surface area contributed by atoms with E-state index in [2.05, 4.69) is 35.6 Å². The van der Waals surface area contributed by atoms with E-state index in [1.165, 1.54) is 11.1 Å². The third-order valence-electron chi connectivity index (χ3n) is 7.61. The number of hydrogen-bond acceptors (Lipinski definition) is 4. The van der Waals surface area contributed by atoms with E-state index >= 15 is 0 Å². The zero-order valence-electron chi connectivity index (χ0n) is 22.6. The van der Waals surface area contributed by atoms with Gasteiger partial charge in [-0.05, 0) is 104 Å². The van der Waals surface area contributed by atoms with Crippen LogP contribution in [0.1, 0.15) is 73.8 Å². The first-order valence-corrected chi connectivity index (χ1v) is 14.6. The van der Waals surface area contributed by atoms with Gasteiger partial charge in [0.25, 0.3) is 0 Å². The average molecular weight is 548 g/mol. The summed E-state index contributed by atoms with van der Waals surface area (Å²) in [6.07, 6.45) is 6.27. The van der Waals surface area contributed by atoms with Crippen LogP contribution in [0.15, 0.2) is 66.7 Å². The molecule has 39 heavy (non-hydrogen) atoms. The lowest BCUT2D eigenvalue weighted by molar-refractivity contribution is -0.117. The van der Waals surface area contributed by atoms with Gasteiger partial charge in [-0.2, -0.15) is 0 Å². The topological polar surface area (TPSA) is 67.8 Å². The van der Waals surface area contributed by atoms with Crippen molar-refractivity contribution in [3.63, 3.8) is 0 Å². The van der Waals surface area contributed by atoms with E-state index in [1.807, 2.05) is 43.3 Å². The van der Waals surface area contributed by atoms with Crippen LogP contribution in [0.3, 0.4) is 0 Å². The van der Waals surface area contributed by atoms with E-state index in [-0.39, 0.29) is 30.1 Å². The van der Waals surface area contributed by atoms with Crippen molar-refractivity contribution in [1.82, 2.24) is 0 Å². The second-order valence-electron chi connectivity index (χ2n) is 10.8. The van der Waals surface area contributed by atoms with Gasteiger partial charge in [-0.15, -0.1) is 0 Å². The molecule has 3 aromatic carbocycles. The Bertz CT molecular complexity index is 1240. The standard InChI is InChI=1S/C33H38ClNO4/c1-2-38-29-15-8-23(9-16-29)18-26-19-25(12-17-31(26)34)32-21-28(36)20-30(39-32)5-3-4-22-6-13-27(14-7-22)35-33(37)24-10-11-24/h6-9,12-17,19,24,28,30,32,36H,2-5,10-11,18,20-21H2,1H3,(H,35,37)/t28?,30-,32-/m1/s1. The monoisotopic (exact) mass is 547 g/mol. The Morgan fingerprint density at radius 1 is 1.03 bits per heavy atom. The van der Waals surface area contributed by atoms with E-state index in [0.717, 1.165) is 66.1 Å². The Labute approximate surface area is 236 Å². The summed E-state index contributed by atoms with van der Waals surface area (Å²) in [4.78, 5) is 12.0. The van der Waals surface area contributed by atoms with Gasteiger partial charge in [0.2, 0.25) is 5.91 Å². The number of aliphatic hydroxyl groups excluding tert-OH is 1. The molecule has 2 N–H and O–H groups in total. The molecular formula is C33H38ClNO4. The number of amides is 1. The van der Waals surface area contributed by atoms with Crippen LogP contribution in [0.25, 0.3) is 0 Å². The molecule has 1 aliphatic carbocycles. The summed E-state index contributed by atoms with van der Waals surface area (Å²) in [5.41, 5.74) is 5.38. The van der Waals surface area contributed by atoms with Crippen molar-refractivity contribution in [3.8, 4) is 5.75 Å². The molecule has 2 aliphatic rings. The highest BCUT2D eigenvalue weighted by Gasteiger charge is 2.30. The smallest absolute Gasteiger partial charge is 0.227 e. The zero-order chi connectivity index (χ0) is 27.2. The maximum Gasteiger partial charge on any atom is 0.227 e. The van der Waals surface area contributed by atoms with Gasteiger partial charge in [0, 0.05) is 23.0 Å². The average Bonchev–Trinajstić information content (AvgIpc) is 3.78. The second-order valence-corrected chi connectivity index (χ2v) is 11.2. The molecule has 1 unspecified atom stereocenters. The molecule has 3 atom stereocenters. The van der Waals surface area contributed by atoms with Gasteiger partial charge in [-0.3, -0.25) is 4.79 Å². The van der Waals surface area contributed by atoms with Crippen molar-refractivity contribution in [3.05, 3.63) is 94.0 Å². The normalized spacial score (nSPS) is 20.9. The van der Waals surface area contributed by atoms with Gasteiger partial charge in [-0.25, -0.2) is 0 Å². The molecule has 5 rings (SSSR count).